The summed E-state index contributed by atoms with van der Waals surface area (Å²) >= 11 is 0. The molecule has 2 rings (SSSR count). The number of aliphatic hydroxyl groups is 1. The summed E-state index contributed by atoms with van der Waals surface area (Å²) in [6, 6.07) is 4.44. The van der Waals surface area contributed by atoms with Crippen molar-refractivity contribution in [2.75, 3.05) is 24.6 Å². The fourth-order valence-corrected chi connectivity index (χ4v) is 2.43. The monoisotopic (exact) mass is 249 g/mol. The van der Waals surface area contributed by atoms with Crippen LogP contribution in [-0.4, -0.2) is 35.8 Å². The Labute approximate surface area is 109 Å². The Morgan fingerprint density at radius 3 is 3.06 bits per heavy atom. The van der Waals surface area contributed by atoms with E-state index in [0.717, 1.165) is 44.7 Å². The van der Waals surface area contributed by atoms with Gasteiger partial charge in [-0.2, -0.15) is 0 Å². The fourth-order valence-electron chi connectivity index (χ4n) is 2.43. The Morgan fingerprint density at radius 1 is 1.50 bits per heavy atom. The van der Waals surface area contributed by atoms with Crippen molar-refractivity contribution in [1.29, 1.82) is 0 Å². The molecule has 1 atom stereocenters. The summed E-state index contributed by atoms with van der Waals surface area (Å²) in [5.74, 6) is 0.991. The van der Waals surface area contributed by atoms with Gasteiger partial charge in [0.25, 0.3) is 0 Å². The van der Waals surface area contributed by atoms with Gasteiger partial charge in [-0.1, -0.05) is 13.0 Å². The molecule has 2 heterocycles. The number of hydrogen-bond acceptors (Lipinski definition) is 4. The van der Waals surface area contributed by atoms with Crippen molar-refractivity contribution in [2.24, 2.45) is 0 Å². The van der Waals surface area contributed by atoms with E-state index in [-0.39, 0.29) is 12.6 Å². The van der Waals surface area contributed by atoms with E-state index in [1.165, 1.54) is 5.56 Å². The van der Waals surface area contributed by atoms with Crippen LogP contribution < -0.4 is 10.2 Å². The standard InChI is InChI=1S/C14H23N3O/c1-2-7-15-9-12-5-6-14(16-10-12)17-8-3-4-13(17)11-18/h5-6,10,13,15,18H,2-4,7-9,11H2,1H3. The average molecular weight is 249 g/mol. The Hall–Kier alpha value is -1.13. The van der Waals surface area contributed by atoms with E-state index >= 15 is 0 Å². The third-order valence-electron chi connectivity index (χ3n) is 3.45. The van der Waals surface area contributed by atoms with Gasteiger partial charge < -0.3 is 15.3 Å². The van der Waals surface area contributed by atoms with E-state index in [9.17, 15) is 5.11 Å². The Balaban J connectivity index is 1.94. The molecule has 0 spiro atoms. The third-order valence-corrected chi connectivity index (χ3v) is 3.45. The lowest BCUT2D eigenvalue weighted by Gasteiger charge is -2.24. The molecule has 0 bridgehead atoms. The van der Waals surface area contributed by atoms with Gasteiger partial charge in [0, 0.05) is 19.3 Å². The van der Waals surface area contributed by atoms with Gasteiger partial charge in [-0.3, -0.25) is 0 Å². The predicted octanol–water partition coefficient (Wildman–Crippen LogP) is 1.54. The van der Waals surface area contributed by atoms with Crippen molar-refractivity contribution in [3.63, 3.8) is 0 Å². The van der Waals surface area contributed by atoms with Crippen LogP contribution in [0.5, 0.6) is 0 Å². The molecule has 18 heavy (non-hydrogen) atoms. The second-order valence-electron chi connectivity index (χ2n) is 4.87. The lowest BCUT2D eigenvalue weighted by molar-refractivity contribution is 0.266. The van der Waals surface area contributed by atoms with Crippen molar-refractivity contribution < 1.29 is 5.11 Å². The number of aliphatic hydroxyl groups excluding tert-OH is 1. The van der Waals surface area contributed by atoms with E-state index in [1.54, 1.807) is 0 Å². The molecule has 0 aromatic carbocycles. The highest BCUT2D eigenvalue weighted by Gasteiger charge is 2.24. The molecular weight excluding hydrogens is 226 g/mol. The summed E-state index contributed by atoms with van der Waals surface area (Å²) in [6.07, 6.45) is 5.30. The molecule has 0 amide bonds. The SMILES string of the molecule is CCCNCc1ccc(N2CCCC2CO)nc1. The van der Waals surface area contributed by atoms with Gasteiger partial charge in [-0.15, -0.1) is 0 Å². The van der Waals surface area contributed by atoms with Crippen molar-refractivity contribution in [3.05, 3.63) is 23.9 Å². The van der Waals surface area contributed by atoms with Crippen LogP contribution in [0.3, 0.4) is 0 Å². The Morgan fingerprint density at radius 2 is 2.39 bits per heavy atom. The van der Waals surface area contributed by atoms with E-state index in [0.29, 0.717) is 0 Å². The number of pyridine rings is 1. The van der Waals surface area contributed by atoms with Crippen LogP contribution in [-0.2, 0) is 6.54 Å². The predicted molar refractivity (Wildman–Crippen MR) is 73.7 cm³/mol. The molecule has 1 saturated heterocycles. The molecule has 1 unspecified atom stereocenters. The van der Waals surface area contributed by atoms with Crippen LogP contribution in [0.4, 0.5) is 5.82 Å². The van der Waals surface area contributed by atoms with Crippen molar-refractivity contribution in [3.8, 4) is 0 Å². The molecular formula is C14H23N3O. The van der Waals surface area contributed by atoms with Gasteiger partial charge in [0.15, 0.2) is 0 Å². The molecule has 0 saturated carbocycles. The first kappa shape index (κ1) is 13.3. The van der Waals surface area contributed by atoms with Gasteiger partial charge in [-0.05, 0) is 37.4 Å². The lowest BCUT2D eigenvalue weighted by Crippen LogP contribution is -2.32. The summed E-state index contributed by atoms with van der Waals surface area (Å²) < 4.78 is 0. The highest BCUT2D eigenvalue weighted by atomic mass is 16.3. The summed E-state index contributed by atoms with van der Waals surface area (Å²) in [4.78, 5) is 6.72. The molecule has 4 nitrogen and oxygen atoms in total. The van der Waals surface area contributed by atoms with Crippen LogP contribution in [0.2, 0.25) is 0 Å². The zero-order valence-corrected chi connectivity index (χ0v) is 11.1. The molecule has 1 aliphatic rings. The van der Waals surface area contributed by atoms with Gasteiger partial charge in [0.05, 0.1) is 12.6 Å². The normalized spacial score (nSPS) is 19.4. The first-order chi connectivity index (χ1) is 8.85. The van der Waals surface area contributed by atoms with E-state index < -0.39 is 0 Å². The lowest BCUT2D eigenvalue weighted by atomic mass is 10.2. The second-order valence-corrected chi connectivity index (χ2v) is 4.87. The third kappa shape index (κ3) is 3.21. The number of rotatable bonds is 6. The molecule has 1 aliphatic heterocycles. The maximum Gasteiger partial charge on any atom is 0.128 e. The van der Waals surface area contributed by atoms with E-state index in [1.807, 2.05) is 6.20 Å². The van der Waals surface area contributed by atoms with Gasteiger partial charge in [0.2, 0.25) is 0 Å². The summed E-state index contributed by atoms with van der Waals surface area (Å²) in [5.41, 5.74) is 1.21. The smallest absolute Gasteiger partial charge is 0.128 e. The molecule has 4 heteroatoms. The van der Waals surface area contributed by atoms with Crippen LogP contribution >= 0.6 is 0 Å². The van der Waals surface area contributed by atoms with Gasteiger partial charge in [0.1, 0.15) is 5.82 Å². The number of anilines is 1. The van der Waals surface area contributed by atoms with E-state index in [4.69, 9.17) is 0 Å². The van der Waals surface area contributed by atoms with Crippen molar-refractivity contribution in [2.45, 2.75) is 38.8 Å². The Kier molecular flexibility index (Phi) is 4.96. The molecule has 1 fully saturated rings. The molecule has 2 N–H and O–H groups in total. The summed E-state index contributed by atoms with van der Waals surface area (Å²) in [5, 5.41) is 12.7. The maximum absolute atomic E-state index is 9.32. The van der Waals surface area contributed by atoms with Crippen molar-refractivity contribution in [1.82, 2.24) is 10.3 Å². The van der Waals surface area contributed by atoms with E-state index in [2.05, 4.69) is 34.3 Å². The van der Waals surface area contributed by atoms with Crippen LogP contribution in [0.15, 0.2) is 18.3 Å². The zero-order chi connectivity index (χ0) is 12.8. The topological polar surface area (TPSA) is 48.4 Å². The maximum atomic E-state index is 9.32. The number of hydrogen-bond donors (Lipinski definition) is 2. The van der Waals surface area contributed by atoms with Crippen LogP contribution in [0.25, 0.3) is 0 Å². The minimum absolute atomic E-state index is 0.224. The first-order valence-corrected chi connectivity index (χ1v) is 6.88. The molecule has 0 aliphatic carbocycles. The van der Waals surface area contributed by atoms with Crippen LogP contribution in [0, 0.1) is 0 Å². The first-order valence-electron chi connectivity index (χ1n) is 6.88. The number of aromatic nitrogens is 1. The van der Waals surface area contributed by atoms with Crippen LogP contribution in [0.1, 0.15) is 31.7 Å². The Bertz CT molecular complexity index is 353. The molecule has 1 aromatic heterocycles. The quantitative estimate of drug-likeness (QED) is 0.751. The molecule has 0 radical (unpaired) electrons. The molecule has 100 valence electrons. The fraction of sp³-hybridized carbons (Fsp3) is 0.643. The largest absolute Gasteiger partial charge is 0.394 e. The zero-order valence-electron chi connectivity index (χ0n) is 11.1. The average Bonchev–Trinajstić information content (AvgIpc) is 2.88. The number of nitrogens with zero attached hydrogens (tertiary/aromatic N) is 2. The highest BCUT2D eigenvalue weighted by molar-refractivity contribution is 5.41. The summed E-state index contributed by atoms with van der Waals surface area (Å²) in [6.45, 7) is 5.31. The summed E-state index contributed by atoms with van der Waals surface area (Å²) in [7, 11) is 0. The minimum Gasteiger partial charge on any atom is -0.394 e. The van der Waals surface area contributed by atoms with Crippen molar-refractivity contribution >= 4 is 5.82 Å². The second kappa shape index (κ2) is 6.71. The van der Waals surface area contributed by atoms with Gasteiger partial charge >= 0.3 is 0 Å². The number of nitrogens with one attached hydrogen (secondary N) is 1. The minimum atomic E-state index is 0.224. The molecule has 1 aromatic rings. The van der Waals surface area contributed by atoms with Gasteiger partial charge in [-0.25, -0.2) is 4.98 Å². The highest BCUT2D eigenvalue weighted by Crippen LogP contribution is 2.23.